The fraction of sp³-hybridized carbons (Fsp3) is 0.526. The number of amides is 1. The molecule has 0 bridgehead atoms. The molecule has 0 unspecified atom stereocenters. The van der Waals surface area contributed by atoms with Crippen LogP contribution in [0, 0.1) is 26.7 Å². The van der Waals surface area contributed by atoms with Crippen molar-refractivity contribution in [3.05, 3.63) is 85.4 Å². The van der Waals surface area contributed by atoms with E-state index in [0.29, 0.717) is 17.0 Å². The molecule has 14 heteroatoms. The number of carboxylic acids is 1. The average molecular weight is 989 g/mol. The maximum Gasteiger partial charge on any atom is 0.357 e. The van der Waals surface area contributed by atoms with Gasteiger partial charge in [0.2, 0.25) is 0 Å². The van der Waals surface area contributed by atoms with Gasteiger partial charge in [0.15, 0.2) is 11.4 Å². The molecule has 2 aromatic heterocycles. The summed E-state index contributed by atoms with van der Waals surface area (Å²) in [7, 11) is 0. The van der Waals surface area contributed by atoms with Crippen molar-refractivity contribution < 1.29 is 80.1 Å². The van der Waals surface area contributed by atoms with E-state index in [1.54, 1.807) is 18.2 Å². The number of piperidine rings is 2. The van der Waals surface area contributed by atoms with Crippen molar-refractivity contribution in [2.45, 2.75) is 81.1 Å². The average Bonchev–Trinajstić information content (AvgIpc) is 3.81. The van der Waals surface area contributed by atoms with Crippen molar-refractivity contribution in [3.8, 4) is 0 Å². The van der Waals surface area contributed by atoms with Crippen LogP contribution in [0.4, 0.5) is 0 Å². The van der Waals surface area contributed by atoms with E-state index in [4.69, 9.17) is 10.8 Å². The summed E-state index contributed by atoms with van der Waals surface area (Å²) in [5.41, 5.74) is 7.66. The number of H-pyrrole nitrogens is 2. The van der Waals surface area contributed by atoms with E-state index >= 15 is 0 Å². The summed E-state index contributed by atoms with van der Waals surface area (Å²) in [6, 6.07) is 14.8. The van der Waals surface area contributed by atoms with Crippen molar-refractivity contribution >= 4 is 57.7 Å². The Labute approximate surface area is 382 Å². The number of nitrogens with one attached hydrogen (secondary N) is 3. The van der Waals surface area contributed by atoms with Crippen LogP contribution in [0.15, 0.2) is 48.5 Å². The van der Waals surface area contributed by atoms with Crippen molar-refractivity contribution in [1.82, 2.24) is 25.7 Å². The molecule has 1 amide bonds. The first-order valence-electron chi connectivity index (χ1n) is 17.4. The molecular weight excluding hydrogens is 921 g/mol. The second-order valence-corrected chi connectivity index (χ2v) is 9.71. The summed E-state index contributed by atoms with van der Waals surface area (Å²) < 4.78 is 0. The number of nitrogens with zero attached hydrogens (tertiary/aromatic N) is 4. The smallest absolute Gasteiger partial charge is 0.357 e. The predicted octanol–water partition coefficient (Wildman–Crippen LogP) is 9.68. The standard InChI is InChI=1S/C14H17N4O.C8H6N2O2.C6H13N2.4C2H6.2CH3.HI.2Y/c19-14(16-9-10-5-7-15-8-6-10)13-11-3-1-2-4-12(11)17-18-13;11-8(12)7-5-3-1-2-4-6(5)9-10-7;7-5-6-1-3-8-4-2-6;4*1-2;;;;;/h1-4,10H,5-9H2,(H,16,19)(H,17,18);1-4H,(H,9,10)(H,11,12);6H,1-5,7H2;4*1-2H3;2*1H3;1H;;/q-1;;-1;;;;;2*-1;;;. The number of nitrogens with two attached hydrogens (primary N) is 1. The number of fused-ring (bicyclic) bond motifs is 2. The summed E-state index contributed by atoms with van der Waals surface area (Å²) in [5, 5.41) is 35.0. The Kier molecular flexibility index (Phi) is 50.1. The summed E-state index contributed by atoms with van der Waals surface area (Å²) in [5.74, 6) is 0.214. The first kappa shape index (κ1) is 63.1. The van der Waals surface area contributed by atoms with Crippen LogP contribution in [-0.2, 0) is 65.4 Å². The number of hydrogen-bond donors (Lipinski definition) is 5. The minimum Gasteiger partial charge on any atom is -0.662 e. The van der Waals surface area contributed by atoms with Crippen molar-refractivity contribution in [2.24, 2.45) is 17.6 Å². The van der Waals surface area contributed by atoms with Crippen molar-refractivity contribution in [2.75, 3.05) is 39.3 Å². The number of hydrogen-bond acceptors (Lipinski definition) is 5. The van der Waals surface area contributed by atoms with E-state index in [1.807, 2.05) is 85.7 Å². The summed E-state index contributed by atoms with van der Waals surface area (Å²) >= 11 is 0. The minimum atomic E-state index is -1.01. The molecule has 0 saturated carbocycles. The molecule has 2 aliphatic rings. The third-order valence-corrected chi connectivity index (χ3v) is 7.02. The van der Waals surface area contributed by atoms with Crippen molar-refractivity contribution in [3.63, 3.8) is 0 Å². The molecule has 0 atom stereocenters. The van der Waals surface area contributed by atoms with Gasteiger partial charge >= 0.3 is 5.97 Å². The second-order valence-electron chi connectivity index (χ2n) is 9.71. The fourth-order valence-electron chi connectivity index (χ4n) is 4.63. The molecule has 6 N–H and O–H groups in total. The van der Waals surface area contributed by atoms with Gasteiger partial charge in [-0.1, -0.05) is 117 Å². The zero-order chi connectivity index (χ0) is 35.5. The van der Waals surface area contributed by atoms with Crippen LogP contribution in [-0.4, -0.2) is 76.6 Å². The zero-order valence-electron chi connectivity index (χ0n) is 33.5. The molecule has 11 nitrogen and oxygen atoms in total. The molecule has 0 spiro atoms. The summed E-state index contributed by atoms with van der Waals surface area (Å²) in [6.45, 7) is 21.5. The number of carbonyl (C=O) groups excluding carboxylic acids is 1. The first-order chi connectivity index (χ1) is 23.1. The zero-order valence-corrected chi connectivity index (χ0v) is 41.5. The van der Waals surface area contributed by atoms with Gasteiger partial charge in [-0.25, -0.2) is 4.79 Å². The Balaban J connectivity index is -0.000000141. The number of halogens is 1. The van der Waals surface area contributed by atoms with Crippen LogP contribution in [0.1, 0.15) is 102 Å². The van der Waals surface area contributed by atoms with E-state index in [2.05, 4.69) is 36.3 Å². The van der Waals surface area contributed by atoms with Crippen LogP contribution in [0.2, 0.25) is 0 Å². The normalized spacial score (nSPS) is 12.6. The number of carbonyl (C=O) groups is 2. The van der Waals surface area contributed by atoms with Gasteiger partial charge in [0.25, 0.3) is 5.91 Å². The molecule has 2 aromatic carbocycles. The number of aromatic amines is 2. The van der Waals surface area contributed by atoms with Gasteiger partial charge < -0.3 is 41.6 Å². The largest absolute Gasteiger partial charge is 0.662 e. The van der Waals surface area contributed by atoms with E-state index < -0.39 is 5.97 Å². The molecule has 6 rings (SSSR count). The van der Waals surface area contributed by atoms with E-state index in [0.717, 1.165) is 74.4 Å². The molecule has 0 aliphatic carbocycles. The van der Waals surface area contributed by atoms with Gasteiger partial charge in [-0.05, 0) is 30.5 Å². The number of aromatic nitrogens is 4. The molecule has 2 aliphatic heterocycles. The predicted molar refractivity (Wildman–Crippen MR) is 226 cm³/mol. The van der Waals surface area contributed by atoms with Gasteiger partial charge in [0.05, 0.1) is 11.0 Å². The summed E-state index contributed by atoms with van der Waals surface area (Å²) in [4.78, 5) is 22.7. The van der Waals surface area contributed by atoms with Gasteiger partial charge in [-0.2, -0.15) is 10.2 Å². The van der Waals surface area contributed by atoms with Gasteiger partial charge in [-0.15, -0.1) is 50.2 Å². The quantitative estimate of drug-likeness (QED) is 0.0982. The Bertz CT molecular complexity index is 1360. The Morgan fingerprint density at radius 2 is 1.08 bits per heavy atom. The van der Waals surface area contributed by atoms with Crippen LogP contribution in [0.25, 0.3) is 32.4 Å². The topological polar surface area (TPSA) is 178 Å². The molecule has 4 heterocycles. The third kappa shape index (κ3) is 23.1. The van der Waals surface area contributed by atoms with Crippen LogP contribution >= 0.6 is 24.0 Å². The number of carboxylic acid groups (broad SMARTS) is 1. The van der Waals surface area contributed by atoms with Crippen LogP contribution in [0.3, 0.4) is 0 Å². The summed E-state index contributed by atoms with van der Waals surface area (Å²) in [6.07, 6.45) is 4.58. The maximum absolute atomic E-state index is 12.1. The second kappa shape index (κ2) is 41.3. The molecule has 294 valence electrons. The van der Waals surface area contributed by atoms with Crippen LogP contribution in [0.5, 0.6) is 0 Å². The number of aromatic carboxylic acids is 1. The maximum atomic E-state index is 12.1. The first-order valence-corrected chi connectivity index (χ1v) is 17.4. The van der Waals surface area contributed by atoms with Crippen LogP contribution < -0.4 is 11.1 Å². The molecule has 2 radical (unpaired) electrons. The minimum absolute atomic E-state index is 0. The molecule has 4 aromatic rings. The Hall–Kier alpha value is -0.862. The van der Waals surface area contributed by atoms with Crippen molar-refractivity contribution in [1.29, 1.82) is 0 Å². The molecular formula is C38H67IN8O3Y2-4. The van der Waals surface area contributed by atoms with E-state index in [9.17, 15) is 9.59 Å². The van der Waals surface area contributed by atoms with E-state index in [-0.39, 0.29) is 116 Å². The van der Waals surface area contributed by atoms with E-state index in [1.165, 1.54) is 12.8 Å². The molecule has 2 saturated heterocycles. The monoisotopic (exact) mass is 988 g/mol. The Morgan fingerprint density at radius 1 is 0.712 bits per heavy atom. The fourth-order valence-corrected chi connectivity index (χ4v) is 4.63. The Morgan fingerprint density at radius 3 is 1.46 bits per heavy atom. The molecule has 52 heavy (non-hydrogen) atoms. The van der Waals surface area contributed by atoms with Gasteiger partial charge in [-0.3, -0.25) is 15.0 Å². The van der Waals surface area contributed by atoms with Gasteiger partial charge in [0, 0.05) is 82.7 Å². The SMILES string of the molecule is CC.CC.CC.CC.I.NCC1CC[N-]CC1.O=C(NCC1CC[N-]CC1)c1n[nH]c2ccccc12.O=C(O)c1n[nH]c2ccccc12.[CH3-].[CH3-].[Y].[Y]. The third-order valence-electron chi connectivity index (χ3n) is 7.02. The number of para-hydroxylation sites is 2. The molecule has 2 fully saturated rings. The van der Waals surface area contributed by atoms with Gasteiger partial charge in [0.1, 0.15) is 0 Å². The number of rotatable bonds is 5. The number of benzene rings is 2.